The van der Waals surface area contributed by atoms with Gasteiger partial charge in [0.2, 0.25) is 5.91 Å². The van der Waals surface area contributed by atoms with Crippen LogP contribution in [0, 0.1) is 0 Å². The van der Waals surface area contributed by atoms with Crippen LogP contribution < -0.4 is 10.1 Å². The lowest BCUT2D eigenvalue weighted by atomic mass is 9.89. The minimum absolute atomic E-state index is 0. The van der Waals surface area contributed by atoms with Gasteiger partial charge in [0.05, 0.1) is 12.6 Å². The minimum atomic E-state index is -0.403. The Bertz CT molecular complexity index is 456. The van der Waals surface area contributed by atoms with E-state index in [1.807, 2.05) is 38.2 Å². The lowest BCUT2D eigenvalue weighted by molar-refractivity contribution is -0.137. The average Bonchev–Trinajstić information content (AvgIpc) is 2.48. The molecule has 1 fully saturated rings. The maximum Gasteiger partial charge on any atom is 0.242 e. The molecule has 1 aromatic carbocycles. The van der Waals surface area contributed by atoms with Crippen molar-refractivity contribution in [2.75, 3.05) is 20.7 Å². The fourth-order valence-corrected chi connectivity index (χ4v) is 2.74. The second-order valence-electron chi connectivity index (χ2n) is 5.73. The van der Waals surface area contributed by atoms with Gasteiger partial charge in [0.1, 0.15) is 5.75 Å². The first-order valence-electron chi connectivity index (χ1n) is 7.19. The second-order valence-corrected chi connectivity index (χ2v) is 5.73. The van der Waals surface area contributed by atoms with E-state index < -0.39 is 5.54 Å². The molecule has 4 nitrogen and oxygen atoms in total. The van der Waals surface area contributed by atoms with Gasteiger partial charge < -0.3 is 15.0 Å². The number of carbonyl (C=O) groups is 1. The van der Waals surface area contributed by atoms with Gasteiger partial charge in [-0.15, -0.1) is 12.4 Å². The molecular formula is C16H25ClN2O2. The van der Waals surface area contributed by atoms with Crippen molar-refractivity contribution in [2.24, 2.45) is 0 Å². The fourth-order valence-electron chi connectivity index (χ4n) is 2.74. The van der Waals surface area contributed by atoms with Crippen LogP contribution in [0.25, 0.3) is 0 Å². The molecule has 1 unspecified atom stereocenters. The molecule has 118 valence electrons. The fraction of sp³-hybridized carbons (Fsp3) is 0.562. The van der Waals surface area contributed by atoms with Crippen molar-refractivity contribution in [1.82, 2.24) is 10.2 Å². The Balaban J connectivity index is 0.00000220. The first kappa shape index (κ1) is 17.8. The van der Waals surface area contributed by atoms with E-state index in [4.69, 9.17) is 4.74 Å². The van der Waals surface area contributed by atoms with Crippen molar-refractivity contribution >= 4 is 18.3 Å². The van der Waals surface area contributed by atoms with Gasteiger partial charge in [0.15, 0.2) is 0 Å². The quantitative estimate of drug-likeness (QED) is 0.929. The largest absolute Gasteiger partial charge is 0.497 e. The topological polar surface area (TPSA) is 41.6 Å². The number of carbonyl (C=O) groups excluding carboxylic acids is 1. The molecule has 1 aliphatic heterocycles. The molecule has 1 aromatic rings. The first-order chi connectivity index (χ1) is 9.55. The Labute approximate surface area is 133 Å². The number of benzene rings is 1. The van der Waals surface area contributed by atoms with Gasteiger partial charge in [-0.05, 0) is 50.4 Å². The lowest BCUT2D eigenvalue weighted by Crippen LogP contribution is -2.57. The zero-order valence-corrected chi connectivity index (χ0v) is 13.8. The Kier molecular flexibility index (Phi) is 6.49. The Hall–Kier alpha value is -1.26. The van der Waals surface area contributed by atoms with Crippen molar-refractivity contribution in [3.63, 3.8) is 0 Å². The third kappa shape index (κ3) is 4.35. The third-order valence-corrected chi connectivity index (χ3v) is 4.02. The molecule has 0 spiro atoms. The normalized spacial score (nSPS) is 21.3. The van der Waals surface area contributed by atoms with E-state index in [-0.39, 0.29) is 18.3 Å². The summed E-state index contributed by atoms with van der Waals surface area (Å²) in [4.78, 5) is 14.4. The molecule has 0 aliphatic carbocycles. The number of hydrogen-bond donors (Lipinski definition) is 1. The van der Waals surface area contributed by atoms with E-state index >= 15 is 0 Å². The highest BCUT2D eigenvalue weighted by molar-refractivity contribution is 5.86. The Morgan fingerprint density at radius 1 is 1.33 bits per heavy atom. The SMILES string of the molecule is COc1ccc(CN(C)C(=O)C2(C)CCCCN2)cc1.Cl. The molecule has 1 saturated heterocycles. The summed E-state index contributed by atoms with van der Waals surface area (Å²) >= 11 is 0. The van der Waals surface area contributed by atoms with Gasteiger partial charge >= 0.3 is 0 Å². The third-order valence-electron chi connectivity index (χ3n) is 4.02. The van der Waals surface area contributed by atoms with Crippen LogP contribution in [0.15, 0.2) is 24.3 Å². The first-order valence-corrected chi connectivity index (χ1v) is 7.19. The zero-order chi connectivity index (χ0) is 14.6. The molecule has 0 saturated carbocycles. The van der Waals surface area contributed by atoms with E-state index in [2.05, 4.69) is 5.32 Å². The predicted octanol–water partition coefficient (Wildman–Crippen LogP) is 2.61. The minimum Gasteiger partial charge on any atom is -0.497 e. The molecule has 1 atom stereocenters. The summed E-state index contributed by atoms with van der Waals surface area (Å²) in [6.45, 7) is 3.57. The molecule has 0 radical (unpaired) electrons. The number of ether oxygens (including phenoxy) is 1. The van der Waals surface area contributed by atoms with E-state index in [1.165, 1.54) is 0 Å². The highest BCUT2D eigenvalue weighted by atomic mass is 35.5. The highest BCUT2D eigenvalue weighted by Crippen LogP contribution is 2.22. The van der Waals surface area contributed by atoms with Crippen LogP contribution in [0.1, 0.15) is 31.7 Å². The summed E-state index contributed by atoms with van der Waals surface area (Å²) in [7, 11) is 3.52. The molecule has 1 N–H and O–H groups in total. The van der Waals surface area contributed by atoms with Crippen LogP contribution in [0.5, 0.6) is 5.75 Å². The number of piperidine rings is 1. The summed E-state index contributed by atoms with van der Waals surface area (Å²) in [6.07, 6.45) is 3.19. The Morgan fingerprint density at radius 3 is 2.52 bits per heavy atom. The maximum absolute atomic E-state index is 12.6. The molecule has 21 heavy (non-hydrogen) atoms. The molecule has 2 rings (SSSR count). The predicted molar refractivity (Wildman–Crippen MR) is 87.0 cm³/mol. The number of hydrogen-bond acceptors (Lipinski definition) is 3. The van der Waals surface area contributed by atoms with Crippen LogP contribution in [0.2, 0.25) is 0 Å². The number of rotatable bonds is 4. The van der Waals surface area contributed by atoms with Crippen LogP contribution >= 0.6 is 12.4 Å². The van der Waals surface area contributed by atoms with Gasteiger partial charge in [-0.25, -0.2) is 0 Å². The maximum atomic E-state index is 12.6. The average molecular weight is 313 g/mol. The summed E-state index contributed by atoms with van der Waals surface area (Å²) in [5.74, 6) is 1.01. The number of amides is 1. The summed E-state index contributed by atoms with van der Waals surface area (Å²) in [5, 5.41) is 3.37. The second kappa shape index (κ2) is 7.66. The molecule has 1 heterocycles. The zero-order valence-electron chi connectivity index (χ0n) is 13.0. The van der Waals surface area contributed by atoms with Crippen LogP contribution in [-0.2, 0) is 11.3 Å². The van der Waals surface area contributed by atoms with Crippen molar-refractivity contribution in [2.45, 2.75) is 38.3 Å². The molecule has 0 aromatic heterocycles. The summed E-state index contributed by atoms with van der Waals surface area (Å²) in [6, 6.07) is 7.85. The van der Waals surface area contributed by atoms with Gasteiger partial charge in [-0.2, -0.15) is 0 Å². The monoisotopic (exact) mass is 312 g/mol. The number of likely N-dealkylation sites (N-methyl/N-ethyl adjacent to an activating group) is 1. The molecule has 1 amide bonds. The molecule has 0 bridgehead atoms. The van der Waals surface area contributed by atoms with Gasteiger partial charge in [-0.3, -0.25) is 4.79 Å². The van der Waals surface area contributed by atoms with Gasteiger partial charge in [0, 0.05) is 13.6 Å². The van der Waals surface area contributed by atoms with E-state index in [9.17, 15) is 4.79 Å². The molecular weight excluding hydrogens is 288 g/mol. The summed E-state index contributed by atoms with van der Waals surface area (Å²) in [5.41, 5.74) is 0.709. The number of nitrogens with one attached hydrogen (secondary N) is 1. The van der Waals surface area contributed by atoms with Crippen molar-refractivity contribution in [3.05, 3.63) is 29.8 Å². The van der Waals surface area contributed by atoms with Crippen LogP contribution in [0.4, 0.5) is 0 Å². The lowest BCUT2D eigenvalue weighted by Gasteiger charge is -2.36. The van der Waals surface area contributed by atoms with Crippen LogP contribution in [-0.4, -0.2) is 37.0 Å². The molecule has 5 heteroatoms. The smallest absolute Gasteiger partial charge is 0.242 e. The van der Waals surface area contributed by atoms with Crippen molar-refractivity contribution in [1.29, 1.82) is 0 Å². The van der Waals surface area contributed by atoms with E-state index in [0.717, 1.165) is 37.1 Å². The number of methoxy groups -OCH3 is 1. The van der Waals surface area contributed by atoms with Gasteiger partial charge in [0.25, 0.3) is 0 Å². The van der Waals surface area contributed by atoms with E-state index in [1.54, 1.807) is 12.0 Å². The van der Waals surface area contributed by atoms with Gasteiger partial charge in [-0.1, -0.05) is 12.1 Å². The molecule has 1 aliphatic rings. The van der Waals surface area contributed by atoms with E-state index in [0.29, 0.717) is 6.54 Å². The standard InChI is InChI=1S/C16H24N2O2.ClH/c1-16(10-4-5-11-17-16)15(19)18(2)12-13-6-8-14(20-3)9-7-13;/h6-9,17H,4-5,10-12H2,1-3H3;1H. The number of nitrogens with zero attached hydrogens (tertiary/aromatic N) is 1. The van der Waals surface area contributed by atoms with Crippen molar-refractivity contribution < 1.29 is 9.53 Å². The van der Waals surface area contributed by atoms with Crippen LogP contribution in [0.3, 0.4) is 0 Å². The number of halogens is 1. The summed E-state index contributed by atoms with van der Waals surface area (Å²) < 4.78 is 5.14. The highest BCUT2D eigenvalue weighted by Gasteiger charge is 2.36. The Morgan fingerprint density at radius 2 is 2.00 bits per heavy atom. The van der Waals surface area contributed by atoms with Crippen molar-refractivity contribution in [3.8, 4) is 5.75 Å².